The number of rotatable bonds is 6. The number of nitrogens with one attached hydrogen (secondary N) is 2. The van der Waals surface area contributed by atoms with E-state index in [0.29, 0.717) is 11.3 Å². The molecule has 0 atom stereocenters. The number of carbonyl (C=O) groups is 1. The molecule has 0 aliphatic rings. The van der Waals surface area contributed by atoms with Gasteiger partial charge in [0.05, 0.1) is 16.8 Å². The molecule has 0 bridgehead atoms. The largest absolute Gasteiger partial charge is 0.320 e. The third-order valence-corrected chi connectivity index (χ3v) is 6.42. The van der Waals surface area contributed by atoms with E-state index in [0.717, 1.165) is 16.7 Å². The predicted molar refractivity (Wildman–Crippen MR) is 123 cm³/mol. The van der Waals surface area contributed by atoms with Gasteiger partial charge in [-0.25, -0.2) is 13.1 Å². The molecule has 0 aliphatic carbocycles. The van der Waals surface area contributed by atoms with Crippen LogP contribution in [0.4, 0.5) is 5.69 Å². The van der Waals surface area contributed by atoms with Crippen LogP contribution in [0.25, 0.3) is 0 Å². The van der Waals surface area contributed by atoms with E-state index in [1.165, 1.54) is 0 Å². The van der Waals surface area contributed by atoms with Gasteiger partial charge in [-0.1, -0.05) is 45.0 Å². The number of pyridine rings is 1. The van der Waals surface area contributed by atoms with Crippen molar-refractivity contribution in [1.29, 1.82) is 0 Å². The van der Waals surface area contributed by atoms with Gasteiger partial charge in [-0.15, -0.1) is 0 Å². The van der Waals surface area contributed by atoms with Gasteiger partial charge in [-0.2, -0.15) is 0 Å². The van der Waals surface area contributed by atoms with Crippen molar-refractivity contribution in [1.82, 2.24) is 9.71 Å². The van der Waals surface area contributed by atoms with Crippen LogP contribution in [-0.2, 0) is 22.0 Å². The predicted octanol–water partition coefficient (Wildman–Crippen LogP) is 4.42. The second-order valence-electron chi connectivity index (χ2n) is 8.44. The third kappa shape index (κ3) is 5.77. The summed E-state index contributed by atoms with van der Waals surface area (Å²) in [5.41, 5.74) is 3.84. The lowest BCUT2D eigenvalue weighted by Crippen LogP contribution is -2.23. The number of benzene rings is 2. The standard InChI is InChI=1S/C24H27N3O3S/c1-17-13-14-25-16-22(17)27-23(28)19-7-5-18(6-8-19)15-26-31(29,30)21-11-9-20(10-12-21)24(2,3)4/h5-14,16,26H,15H2,1-4H3,(H,27,28). The van der Waals surface area contributed by atoms with E-state index in [2.05, 4.69) is 35.8 Å². The van der Waals surface area contributed by atoms with Crippen LogP contribution in [0.2, 0.25) is 0 Å². The van der Waals surface area contributed by atoms with Gasteiger partial charge in [-0.05, 0) is 59.4 Å². The van der Waals surface area contributed by atoms with E-state index in [4.69, 9.17) is 0 Å². The van der Waals surface area contributed by atoms with Gasteiger partial charge in [0, 0.05) is 18.3 Å². The number of hydrogen-bond donors (Lipinski definition) is 2. The highest BCUT2D eigenvalue weighted by atomic mass is 32.2. The normalized spacial score (nSPS) is 11.9. The SMILES string of the molecule is Cc1ccncc1NC(=O)c1ccc(CNS(=O)(=O)c2ccc(C(C)(C)C)cc2)cc1. The Kier molecular flexibility index (Phi) is 6.57. The van der Waals surface area contributed by atoms with Crippen molar-refractivity contribution in [2.45, 2.75) is 44.6 Å². The molecule has 0 radical (unpaired) electrons. The summed E-state index contributed by atoms with van der Waals surface area (Å²) in [4.78, 5) is 16.7. The number of carbonyl (C=O) groups excluding carboxylic acids is 1. The molecule has 2 N–H and O–H groups in total. The molecule has 31 heavy (non-hydrogen) atoms. The highest BCUT2D eigenvalue weighted by Crippen LogP contribution is 2.23. The average Bonchev–Trinajstić information content (AvgIpc) is 2.74. The average molecular weight is 438 g/mol. The van der Waals surface area contributed by atoms with E-state index >= 15 is 0 Å². The lowest BCUT2D eigenvalue weighted by atomic mass is 9.87. The van der Waals surface area contributed by atoms with E-state index in [1.54, 1.807) is 48.8 Å². The maximum absolute atomic E-state index is 12.6. The Labute approximate surface area is 183 Å². The van der Waals surface area contributed by atoms with Gasteiger partial charge in [0.2, 0.25) is 10.0 Å². The summed E-state index contributed by atoms with van der Waals surface area (Å²) in [5, 5.41) is 2.83. The first-order chi connectivity index (χ1) is 14.6. The Bertz CT molecular complexity index is 1160. The van der Waals surface area contributed by atoms with Crippen LogP contribution in [0.1, 0.15) is 47.8 Å². The van der Waals surface area contributed by atoms with Crippen molar-refractivity contribution in [2.75, 3.05) is 5.32 Å². The topological polar surface area (TPSA) is 88.2 Å². The van der Waals surface area contributed by atoms with Crippen LogP contribution in [0, 0.1) is 6.92 Å². The minimum absolute atomic E-state index is 0.0422. The van der Waals surface area contributed by atoms with E-state index in [9.17, 15) is 13.2 Å². The van der Waals surface area contributed by atoms with Gasteiger partial charge < -0.3 is 5.32 Å². The highest BCUT2D eigenvalue weighted by molar-refractivity contribution is 7.89. The Hall–Kier alpha value is -3.03. The monoisotopic (exact) mass is 437 g/mol. The van der Waals surface area contributed by atoms with Crippen LogP contribution in [0.5, 0.6) is 0 Å². The number of hydrogen-bond acceptors (Lipinski definition) is 4. The van der Waals surface area contributed by atoms with E-state index < -0.39 is 10.0 Å². The van der Waals surface area contributed by atoms with Crippen LogP contribution >= 0.6 is 0 Å². The minimum atomic E-state index is -3.63. The molecule has 0 unspecified atom stereocenters. The smallest absolute Gasteiger partial charge is 0.255 e. The van der Waals surface area contributed by atoms with Crippen LogP contribution in [-0.4, -0.2) is 19.3 Å². The lowest BCUT2D eigenvalue weighted by Gasteiger charge is -2.19. The third-order valence-electron chi connectivity index (χ3n) is 5.00. The van der Waals surface area contributed by atoms with Crippen LogP contribution in [0.3, 0.4) is 0 Å². The molecule has 1 amide bonds. The van der Waals surface area contributed by atoms with Crippen molar-refractivity contribution in [3.05, 3.63) is 89.2 Å². The Balaban J connectivity index is 1.63. The fourth-order valence-corrected chi connectivity index (χ4v) is 3.98. The quantitative estimate of drug-likeness (QED) is 0.598. The first-order valence-corrected chi connectivity index (χ1v) is 11.5. The summed E-state index contributed by atoms with van der Waals surface area (Å²) in [5.74, 6) is -0.248. The number of amides is 1. The Morgan fingerprint density at radius 3 is 2.19 bits per heavy atom. The fraction of sp³-hybridized carbons (Fsp3) is 0.250. The van der Waals surface area contributed by atoms with Crippen LogP contribution < -0.4 is 10.0 Å². The lowest BCUT2D eigenvalue weighted by molar-refractivity contribution is 0.102. The molecular formula is C24H27N3O3S. The van der Waals surface area contributed by atoms with Gasteiger partial charge in [0.1, 0.15) is 0 Å². The number of aryl methyl sites for hydroxylation is 1. The van der Waals surface area contributed by atoms with Gasteiger partial charge in [-0.3, -0.25) is 9.78 Å². The molecule has 6 nitrogen and oxygen atoms in total. The molecule has 7 heteroatoms. The summed E-state index contributed by atoms with van der Waals surface area (Å²) in [6, 6.07) is 15.5. The summed E-state index contributed by atoms with van der Waals surface area (Å²) in [7, 11) is -3.63. The first kappa shape index (κ1) is 22.7. The number of sulfonamides is 1. The first-order valence-electron chi connectivity index (χ1n) is 9.97. The Morgan fingerprint density at radius 1 is 0.968 bits per heavy atom. The molecule has 0 fully saturated rings. The van der Waals surface area contributed by atoms with Crippen molar-refractivity contribution >= 4 is 21.6 Å². The molecule has 0 saturated carbocycles. The van der Waals surface area contributed by atoms with E-state index in [1.807, 2.05) is 25.1 Å². The maximum atomic E-state index is 12.6. The van der Waals surface area contributed by atoms with Gasteiger partial charge >= 0.3 is 0 Å². The molecule has 1 aromatic heterocycles. The molecule has 162 valence electrons. The summed E-state index contributed by atoms with van der Waals surface area (Å²) in [6.45, 7) is 8.26. The van der Waals surface area contributed by atoms with E-state index in [-0.39, 0.29) is 22.8 Å². The minimum Gasteiger partial charge on any atom is -0.320 e. The molecule has 2 aromatic carbocycles. The zero-order valence-corrected chi connectivity index (χ0v) is 19.0. The summed E-state index contributed by atoms with van der Waals surface area (Å²) in [6.07, 6.45) is 3.27. The summed E-state index contributed by atoms with van der Waals surface area (Å²) < 4.78 is 27.8. The second kappa shape index (κ2) is 8.99. The molecule has 0 saturated heterocycles. The fourth-order valence-electron chi connectivity index (χ4n) is 2.96. The molecular weight excluding hydrogens is 410 g/mol. The highest BCUT2D eigenvalue weighted by Gasteiger charge is 2.17. The van der Waals surface area contributed by atoms with Gasteiger partial charge in [0.15, 0.2) is 0 Å². The van der Waals surface area contributed by atoms with Crippen molar-refractivity contribution in [3.63, 3.8) is 0 Å². The number of nitrogens with zero attached hydrogens (tertiary/aromatic N) is 1. The van der Waals surface area contributed by atoms with Crippen molar-refractivity contribution in [2.24, 2.45) is 0 Å². The Morgan fingerprint density at radius 2 is 1.61 bits per heavy atom. The molecule has 3 rings (SSSR count). The van der Waals surface area contributed by atoms with Crippen molar-refractivity contribution in [3.8, 4) is 0 Å². The number of aromatic nitrogens is 1. The molecule has 0 aliphatic heterocycles. The molecule has 1 heterocycles. The molecule has 0 spiro atoms. The van der Waals surface area contributed by atoms with Crippen LogP contribution in [0.15, 0.2) is 71.9 Å². The second-order valence-corrected chi connectivity index (χ2v) is 10.2. The van der Waals surface area contributed by atoms with Crippen molar-refractivity contribution < 1.29 is 13.2 Å². The molecule has 3 aromatic rings. The van der Waals surface area contributed by atoms with Gasteiger partial charge in [0.25, 0.3) is 5.91 Å². The zero-order chi connectivity index (χ0) is 22.6. The zero-order valence-electron chi connectivity index (χ0n) is 18.1. The summed E-state index contributed by atoms with van der Waals surface area (Å²) >= 11 is 0. The number of anilines is 1. The maximum Gasteiger partial charge on any atom is 0.255 e.